The molecule has 12 nitrogen and oxygen atoms in total. The number of nitrogen functional groups attached to an aromatic ring is 2. The van der Waals surface area contributed by atoms with Crippen LogP contribution in [-0.4, -0.2) is 51.1 Å². The van der Waals surface area contributed by atoms with Gasteiger partial charge in [-0.05, 0) is 110 Å². The molecule has 0 aromatic heterocycles. The largest absolute Gasteiger partial charge is 0.508 e. The van der Waals surface area contributed by atoms with Crippen LogP contribution in [0.1, 0.15) is 22.3 Å². The average Bonchev–Trinajstić information content (AvgIpc) is 3.15. The molecule has 0 heterocycles. The molecule has 0 spiro atoms. The molecule has 0 aliphatic heterocycles. The minimum atomic E-state index is -0.0753. The molecular weight excluding hydrogens is 716 g/mol. The van der Waals surface area contributed by atoms with Gasteiger partial charge >= 0.3 is 0 Å². The first-order valence-corrected chi connectivity index (χ1v) is 16.8. The third-order valence-electron chi connectivity index (χ3n) is 7.63. The smallest absolute Gasteiger partial charge is 0.160 e. The summed E-state index contributed by atoms with van der Waals surface area (Å²) in [4.78, 5) is 0. The summed E-state index contributed by atoms with van der Waals surface area (Å²) in [5.41, 5.74) is 14.7. The van der Waals surface area contributed by atoms with Gasteiger partial charge in [0, 0.05) is 35.1 Å². The molecule has 7 rings (SSSR count). The second-order valence-electron chi connectivity index (χ2n) is 12.2. The van der Waals surface area contributed by atoms with Gasteiger partial charge in [0.1, 0.15) is 34.5 Å². The normalized spacial score (nSPS) is 9.57. The molecule has 0 unspecified atom stereocenters. The Morgan fingerprint density at radius 1 is 0.321 bits per heavy atom. The number of phenols is 10. The molecule has 294 valence electrons. The highest BCUT2D eigenvalue weighted by molar-refractivity contribution is 5.85. The minimum Gasteiger partial charge on any atom is -0.508 e. The lowest BCUT2D eigenvalue weighted by atomic mass is 10.1. The zero-order chi connectivity index (χ0) is 41.9. The first-order valence-electron chi connectivity index (χ1n) is 16.8. The molecule has 56 heavy (non-hydrogen) atoms. The summed E-state index contributed by atoms with van der Waals surface area (Å²) >= 11 is 0. The molecule has 0 aliphatic rings. The summed E-state index contributed by atoms with van der Waals surface area (Å²) in [6, 6.07) is 36.3. The standard InChI is InChI=1S/C10H8O2.C7H9NO.3C7H8O2.C6H7NO/c11-9-5-7-3-1-2-4-8(7)6-10(9)12;2*1-5-2-3-6(8)4-7(5)9;1-5-6(8)3-2-4-7(5)9;1-5-3-2-4-6(8)7(5)9;7-5-2-1-3-6(8)4-5/h1-6,11-12H;2-4,9H,8H2,1H3;3*2-4,8-9H,1H3;1-4,8H,7H2. The quantitative estimate of drug-likeness (QED) is 0.0511. The summed E-state index contributed by atoms with van der Waals surface area (Å²) in [5.74, 6) is 0.730. The van der Waals surface area contributed by atoms with Crippen molar-refractivity contribution in [2.45, 2.75) is 27.7 Å². The van der Waals surface area contributed by atoms with Crippen LogP contribution in [0.4, 0.5) is 11.4 Å². The van der Waals surface area contributed by atoms with E-state index in [4.69, 9.17) is 62.5 Å². The number of anilines is 2. The fourth-order valence-electron chi connectivity index (χ4n) is 4.22. The van der Waals surface area contributed by atoms with Gasteiger partial charge in [0.05, 0.1) is 0 Å². The first kappa shape index (κ1) is 44.6. The van der Waals surface area contributed by atoms with E-state index in [1.165, 1.54) is 42.5 Å². The van der Waals surface area contributed by atoms with E-state index in [9.17, 15) is 0 Å². The van der Waals surface area contributed by atoms with E-state index in [-0.39, 0.29) is 57.5 Å². The Bertz CT molecular complexity index is 2120. The van der Waals surface area contributed by atoms with Crippen molar-refractivity contribution in [3.63, 3.8) is 0 Å². The Kier molecular flexibility index (Phi) is 17.4. The Balaban J connectivity index is 0.000000233. The highest BCUT2D eigenvalue weighted by atomic mass is 16.3. The van der Waals surface area contributed by atoms with Gasteiger partial charge < -0.3 is 62.5 Å². The molecule has 7 aromatic carbocycles. The first-order chi connectivity index (χ1) is 26.4. The molecule has 0 bridgehead atoms. The number of aromatic hydroxyl groups is 10. The number of benzene rings is 7. The maximum absolute atomic E-state index is 9.17. The molecule has 12 heteroatoms. The van der Waals surface area contributed by atoms with E-state index in [0.29, 0.717) is 22.5 Å². The van der Waals surface area contributed by atoms with Crippen molar-refractivity contribution in [3.8, 4) is 57.5 Å². The molecule has 0 saturated carbocycles. The minimum absolute atomic E-state index is 0.0301. The Morgan fingerprint density at radius 2 is 0.768 bits per heavy atom. The molecule has 14 N–H and O–H groups in total. The number of fused-ring (bicyclic) bond motifs is 1. The van der Waals surface area contributed by atoms with E-state index in [2.05, 4.69) is 0 Å². The number of phenolic OH excluding ortho intramolecular Hbond substituents is 10. The number of nitrogens with two attached hydrogens (primary N) is 2. The van der Waals surface area contributed by atoms with Crippen LogP contribution in [0.25, 0.3) is 10.8 Å². The summed E-state index contributed by atoms with van der Waals surface area (Å²) in [5, 5.41) is 91.3. The van der Waals surface area contributed by atoms with Gasteiger partial charge in [-0.25, -0.2) is 0 Å². The summed E-state index contributed by atoms with van der Waals surface area (Å²) in [6.45, 7) is 6.99. The zero-order valence-corrected chi connectivity index (χ0v) is 31.3. The Labute approximate surface area is 325 Å². The molecule has 7 aromatic rings. The number of para-hydroxylation sites is 1. The van der Waals surface area contributed by atoms with Gasteiger partial charge in [-0.3, -0.25) is 0 Å². The Hall–Kier alpha value is -7.60. The van der Waals surface area contributed by atoms with Crippen molar-refractivity contribution in [1.29, 1.82) is 0 Å². The van der Waals surface area contributed by atoms with Crippen molar-refractivity contribution in [2.24, 2.45) is 0 Å². The van der Waals surface area contributed by atoms with Crippen molar-refractivity contribution in [1.82, 2.24) is 0 Å². The van der Waals surface area contributed by atoms with Crippen LogP contribution in [0.15, 0.2) is 133 Å². The van der Waals surface area contributed by atoms with Gasteiger partial charge in [-0.1, -0.05) is 60.7 Å². The maximum atomic E-state index is 9.17. The summed E-state index contributed by atoms with van der Waals surface area (Å²) < 4.78 is 0. The van der Waals surface area contributed by atoms with Gasteiger partial charge in [0.15, 0.2) is 23.0 Å². The van der Waals surface area contributed by atoms with Crippen LogP contribution in [0.2, 0.25) is 0 Å². The van der Waals surface area contributed by atoms with Crippen molar-refractivity contribution in [2.75, 3.05) is 11.5 Å². The van der Waals surface area contributed by atoms with Crippen LogP contribution in [0.5, 0.6) is 57.5 Å². The third kappa shape index (κ3) is 15.2. The number of rotatable bonds is 0. The van der Waals surface area contributed by atoms with Crippen LogP contribution in [0.3, 0.4) is 0 Å². The van der Waals surface area contributed by atoms with Crippen molar-refractivity contribution < 1.29 is 51.1 Å². The average molecular weight is 765 g/mol. The predicted molar refractivity (Wildman–Crippen MR) is 221 cm³/mol. The monoisotopic (exact) mass is 764 g/mol. The lowest BCUT2D eigenvalue weighted by Crippen LogP contribution is -1.83. The van der Waals surface area contributed by atoms with Crippen molar-refractivity contribution in [3.05, 3.63) is 156 Å². The maximum Gasteiger partial charge on any atom is 0.160 e. The molecule has 0 saturated heterocycles. The van der Waals surface area contributed by atoms with E-state index in [1.807, 2.05) is 31.2 Å². The highest BCUT2D eigenvalue weighted by Gasteiger charge is 2.01. The third-order valence-corrected chi connectivity index (χ3v) is 7.63. The number of aryl methyl sites for hydroxylation is 3. The number of hydrogen-bond donors (Lipinski definition) is 12. The summed E-state index contributed by atoms with van der Waals surface area (Å²) in [7, 11) is 0. The van der Waals surface area contributed by atoms with Crippen LogP contribution >= 0.6 is 0 Å². The van der Waals surface area contributed by atoms with Crippen LogP contribution in [-0.2, 0) is 0 Å². The molecular formula is C44H48N2O10. The molecule has 0 radical (unpaired) electrons. The fourth-order valence-corrected chi connectivity index (χ4v) is 4.22. The Morgan fingerprint density at radius 3 is 1.16 bits per heavy atom. The van der Waals surface area contributed by atoms with Crippen LogP contribution in [0, 0.1) is 27.7 Å². The second-order valence-corrected chi connectivity index (χ2v) is 12.2. The topological polar surface area (TPSA) is 254 Å². The fraction of sp³-hybridized carbons (Fsp3) is 0.0909. The van der Waals surface area contributed by atoms with E-state index in [0.717, 1.165) is 21.9 Å². The van der Waals surface area contributed by atoms with Gasteiger partial charge in [0.25, 0.3) is 0 Å². The SMILES string of the molecule is Cc1c(O)cccc1O.Cc1ccc(N)cc1O.Cc1ccc(O)cc1O.Cc1cccc(O)c1O.Nc1cccc(O)c1.Oc1cc2ccccc2cc1O. The zero-order valence-electron chi connectivity index (χ0n) is 31.3. The van der Waals surface area contributed by atoms with E-state index >= 15 is 0 Å². The van der Waals surface area contributed by atoms with E-state index < -0.39 is 0 Å². The second kappa shape index (κ2) is 21.8. The summed E-state index contributed by atoms with van der Waals surface area (Å²) in [6.07, 6.45) is 0. The van der Waals surface area contributed by atoms with Gasteiger partial charge in [-0.15, -0.1) is 0 Å². The molecule has 0 fully saturated rings. The predicted octanol–water partition coefficient (Wildman–Crippen LogP) is 8.73. The van der Waals surface area contributed by atoms with Crippen LogP contribution < -0.4 is 11.5 Å². The van der Waals surface area contributed by atoms with Gasteiger partial charge in [0.2, 0.25) is 0 Å². The molecule has 0 atom stereocenters. The molecule has 0 aliphatic carbocycles. The number of hydrogen-bond acceptors (Lipinski definition) is 12. The molecule has 0 amide bonds. The van der Waals surface area contributed by atoms with Crippen molar-refractivity contribution >= 4 is 22.1 Å². The lowest BCUT2D eigenvalue weighted by Gasteiger charge is -2.00. The highest BCUT2D eigenvalue weighted by Crippen LogP contribution is 2.30. The van der Waals surface area contributed by atoms with Gasteiger partial charge in [-0.2, -0.15) is 0 Å². The lowest BCUT2D eigenvalue weighted by molar-refractivity contribution is 0.401. The van der Waals surface area contributed by atoms with E-state index in [1.54, 1.807) is 87.5 Å².